The van der Waals surface area contributed by atoms with Crippen molar-refractivity contribution in [1.29, 1.82) is 0 Å². The summed E-state index contributed by atoms with van der Waals surface area (Å²) in [5.41, 5.74) is 1.13. The molecule has 5 heteroatoms. The summed E-state index contributed by atoms with van der Waals surface area (Å²) in [5, 5.41) is 10.8. The Morgan fingerprint density at radius 1 is 1.50 bits per heavy atom. The summed E-state index contributed by atoms with van der Waals surface area (Å²) in [6, 6.07) is 5.30. The van der Waals surface area contributed by atoms with E-state index < -0.39 is 5.60 Å². The van der Waals surface area contributed by atoms with E-state index in [4.69, 9.17) is 4.42 Å². The van der Waals surface area contributed by atoms with Gasteiger partial charge in [-0.1, -0.05) is 20.8 Å². The maximum atomic E-state index is 12.7. The van der Waals surface area contributed by atoms with Gasteiger partial charge in [-0.25, -0.2) is 4.98 Å². The maximum absolute atomic E-state index is 12.7. The molecule has 1 amide bonds. The highest BCUT2D eigenvalue weighted by molar-refractivity contribution is 5.97. The molecule has 0 bridgehead atoms. The van der Waals surface area contributed by atoms with Crippen molar-refractivity contribution in [1.82, 2.24) is 9.88 Å². The Bertz CT molecular complexity index is 722. The Hall–Kier alpha value is -1.88. The number of hydrogen-bond acceptors (Lipinski definition) is 4. The Kier molecular flexibility index (Phi) is 3.48. The van der Waals surface area contributed by atoms with Crippen LogP contribution >= 0.6 is 0 Å². The predicted molar refractivity (Wildman–Crippen MR) is 83.6 cm³/mol. The average Bonchev–Trinajstić information content (AvgIpc) is 2.97. The van der Waals surface area contributed by atoms with Crippen LogP contribution in [-0.4, -0.2) is 39.6 Å². The number of carbonyl (C=O) groups is 1. The van der Waals surface area contributed by atoms with Gasteiger partial charge in [0.25, 0.3) is 5.91 Å². The highest BCUT2D eigenvalue weighted by Crippen LogP contribution is 2.34. The molecule has 0 unspecified atom stereocenters. The summed E-state index contributed by atoms with van der Waals surface area (Å²) in [6.07, 6.45) is 0. The predicted octanol–water partition coefficient (Wildman–Crippen LogP) is 2.62. The van der Waals surface area contributed by atoms with Gasteiger partial charge in [0.2, 0.25) is 0 Å². The fourth-order valence-corrected chi connectivity index (χ4v) is 3.28. The summed E-state index contributed by atoms with van der Waals surface area (Å²) in [4.78, 5) is 18.7. The third kappa shape index (κ3) is 2.29. The molecule has 22 heavy (non-hydrogen) atoms. The van der Waals surface area contributed by atoms with Crippen LogP contribution in [0.5, 0.6) is 0 Å². The molecule has 1 aliphatic heterocycles. The second kappa shape index (κ2) is 5.09. The van der Waals surface area contributed by atoms with E-state index in [1.165, 1.54) is 0 Å². The van der Waals surface area contributed by atoms with E-state index in [0.29, 0.717) is 30.1 Å². The van der Waals surface area contributed by atoms with Crippen LogP contribution in [0.3, 0.4) is 0 Å². The lowest BCUT2D eigenvalue weighted by atomic mass is 9.82. The first-order chi connectivity index (χ1) is 10.3. The number of β-amino-alcohol motifs (C(OH)–C–C–N with tert-alkyl or cyclic N) is 1. The number of aromatic nitrogens is 1. The molecule has 3 rings (SSSR count). The Morgan fingerprint density at radius 3 is 2.86 bits per heavy atom. The number of amides is 1. The first-order valence-electron chi connectivity index (χ1n) is 7.70. The van der Waals surface area contributed by atoms with Crippen molar-refractivity contribution in [2.75, 3.05) is 13.1 Å². The molecule has 0 aliphatic carbocycles. The molecule has 1 saturated heterocycles. The molecule has 0 radical (unpaired) electrons. The van der Waals surface area contributed by atoms with Gasteiger partial charge in [-0.05, 0) is 24.1 Å². The maximum Gasteiger partial charge on any atom is 0.254 e. The molecule has 2 aromatic rings. The SMILES string of the molecule is Cc1nc2ccc(C(=O)N3C[C@@H](C)[C@](O)(C(C)C)C3)cc2o1. The van der Waals surface area contributed by atoms with Crippen LogP contribution in [0.2, 0.25) is 0 Å². The van der Waals surface area contributed by atoms with E-state index in [9.17, 15) is 9.90 Å². The minimum atomic E-state index is -0.817. The van der Waals surface area contributed by atoms with Crippen LogP contribution < -0.4 is 0 Å². The lowest BCUT2D eigenvalue weighted by Gasteiger charge is -2.31. The van der Waals surface area contributed by atoms with Gasteiger partial charge in [0.15, 0.2) is 11.5 Å². The van der Waals surface area contributed by atoms with Crippen molar-refractivity contribution in [2.45, 2.75) is 33.3 Å². The molecule has 1 aliphatic rings. The molecule has 2 heterocycles. The minimum Gasteiger partial charge on any atom is -0.441 e. The van der Waals surface area contributed by atoms with Crippen LogP contribution in [-0.2, 0) is 0 Å². The average molecular weight is 302 g/mol. The van der Waals surface area contributed by atoms with Gasteiger partial charge in [0, 0.05) is 24.9 Å². The zero-order valence-electron chi connectivity index (χ0n) is 13.5. The van der Waals surface area contributed by atoms with Crippen molar-refractivity contribution in [2.24, 2.45) is 11.8 Å². The monoisotopic (exact) mass is 302 g/mol. The van der Waals surface area contributed by atoms with E-state index in [2.05, 4.69) is 4.98 Å². The highest BCUT2D eigenvalue weighted by Gasteiger charge is 2.46. The Labute approximate surface area is 129 Å². The van der Waals surface area contributed by atoms with Gasteiger partial charge in [-0.2, -0.15) is 0 Å². The Balaban J connectivity index is 1.87. The van der Waals surface area contributed by atoms with E-state index in [1.807, 2.05) is 20.8 Å². The third-order valence-electron chi connectivity index (χ3n) is 4.82. The highest BCUT2D eigenvalue weighted by atomic mass is 16.3. The number of aliphatic hydroxyl groups is 1. The fraction of sp³-hybridized carbons (Fsp3) is 0.529. The molecular weight excluding hydrogens is 280 g/mol. The summed E-state index contributed by atoms with van der Waals surface area (Å²) in [5.74, 6) is 0.690. The first kappa shape index (κ1) is 15.0. The van der Waals surface area contributed by atoms with Crippen LogP contribution in [0.1, 0.15) is 37.0 Å². The third-order valence-corrected chi connectivity index (χ3v) is 4.82. The number of likely N-dealkylation sites (tertiary alicyclic amines) is 1. The van der Waals surface area contributed by atoms with E-state index in [1.54, 1.807) is 30.0 Å². The molecular formula is C17H22N2O3. The van der Waals surface area contributed by atoms with E-state index in [-0.39, 0.29) is 17.7 Å². The van der Waals surface area contributed by atoms with E-state index >= 15 is 0 Å². The van der Waals surface area contributed by atoms with Crippen LogP contribution in [0, 0.1) is 18.8 Å². The zero-order chi connectivity index (χ0) is 16.1. The van der Waals surface area contributed by atoms with Gasteiger partial charge in [-0.15, -0.1) is 0 Å². The van der Waals surface area contributed by atoms with Gasteiger partial charge in [0.1, 0.15) is 5.52 Å². The molecule has 118 valence electrons. The smallest absolute Gasteiger partial charge is 0.254 e. The number of benzene rings is 1. The summed E-state index contributed by atoms with van der Waals surface area (Å²) >= 11 is 0. The van der Waals surface area contributed by atoms with Crippen molar-refractivity contribution < 1.29 is 14.3 Å². The minimum absolute atomic E-state index is 0.0627. The van der Waals surface area contributed by atoms with Gasteiger partial charge in [-0.3, -0.25) is 4.79 Å². The number of aryl methyl sites for hydroxylation is 1. The number of oxazole rings is 1. The zero-order valence-corrected chi connectivity index (χ0v) is 13.5. The molecule has 1 aromatic heterocycles. The second-order valence-corrected chi connectivity index (χ2v) is 6.65. The second-order valence-electron chi connectivity index (χ2n) is 6.65. The van der Waals surface area contributed by atoms with Gasteiger partial charge in [0.05, 0.1) is 12.1 Å². The van der Waals surface area contributed by atoms with Crippen molar-refractivity contribution in [3.63, 3.8) is 0 Å². The number of hydrogen-bond donors (Lipinski definition) is 1. The Morgan fingerprint density at radius 2 is 2.23 bits per heavy atom. The molecule has 1 aromatic carbocycles. The number of rotatable bonds is 2. The van der Waals surface area contributed by atoms with E-state index in [0.717, 1.165) is 5.52 Å². The largest absolute Gasteiger partial charge is 0.441 e. The number of nitrogens with zero attached hydrogens (tertiary/aromatic N) is 2. The summed E-state index contributed by atoms with van der Waals surface area (Å²) in [7, 11) is 0. The molecule has 2 atom stereocenters. The van der Waals surface area contributed by atoms with Gasteiger partial charge < -0.3 is 14.4 Å². The van der Waals surface area contributed by atoms with Crippen LogP contribution in [0.25, 0.3) is 11.1 Å². The number of carbonyl (C=O) groups excluding carboxylic acids is 1. The molecule has 1 N–H and O–H groups in total. The molecule has 5 nitrogen and oxygen atoms in total. The molecule has 0 spiro atoms. The molecule has 0 saturated carbocycles. The number of fused-ring (bicyclic) bond motifs is 1. The molecule has 1 fully saturated rings. The van der Waals surface area contributed by atoms with Crippen molar-refractivity contribution in [3.05, 3.63) is 29.7 Å². The van der Waals surface area contributed by atoms with Gasteiger partial charge >= 0.3 is 0 Å². The standard InChI is InChI=1S/C17H22N2O3/c1-10(2)17(21)9-19(8-11(17)3)16(20)13-5-6-14-15(7-13)22-12(4)18-14/h5-7,10-11,21H,8-9H2,1-4H3/t11-,17-/m1/s1. The lowest BCUT2D eigenvalue weighted by Crippen LogP contribution is -2.43. The van der Waals surface area contributed by atoms with Crippen molar-refractivity contribution in [3.8, 4) is 0 Å². The summed E-state index contributed by atoms with van der Waals surface area (Å²) < 4.78 is 5.49. The quantitative estimate of drug-likeness (QED) is 0.926. The summed E-state index contributed by atoms with van der Waals surface area (Å²) in [6.45, 7) is 8.71. The topological polar surface area (TPSA) is 66.6 Å². The fourth-order valence-electron chi connectivity index (χ4n) is 3.28. The normalized spacial score (nSPS) is 25.4. The van der Waals surface area contributed by atoms with Crippen LogP contribution in [0.15, 0.2) is 22.6 Å². The first-order valence-corrected chi connectivity index (χ1v) is 7.70. The lowest BCUT2D eigenvalue weighted by molar-refractivity contribution is -0.0243. The van der Waals surface area contributed by atoms with Crippen molar-refractivity contribution >= 4 is 17.0 Å². The van der Waals surface area contributed by atoms with Crippen LogP contribution in [0.4, 0.5) is 0 Å².